The second-order valence-electron chi connectivity index (χ2n) is 19.6. The number of carbonyl (C=O) groups excluding carboxylic acids is 5. The van der Waals surface area contributed by atoms with E-state index in [0.717, 1.165) is 51.2 Å². The summed E-state index contributed by atoms with van der Waals surface area (Å²) in [6.07, 6.45) is 6.08. The fourth-order valence-corrected chi connectivity index (χ4v) is 11.6. The predicted molar refractivity (Wildman–Crippen MR) is 238 cm³/mol. The molecule has 3 aromatic carbocycles. The first-order valence-electron chi connectivity index (χ1n) is 23.3. The van der Waals surface area contributed by atoms with E-state index in [1.807, 2.05) is 44.2 Å². The molecule has 3 aliphatic carbocycles. The molecular formula is C53H66O10. The second kappa shape index (κ2) is 20.4. The van der Waals surface area contributed by atoms with Gasteiger partial charge in [0.15, 0.2) is 12.4 Å². The Morgan fingerprint density at radius 2 is 1.33 bits per heavy atom. The van der Waals surface area contributed by atoms with E-state index < -0.39 is 30.4 Å². The molecule has 1 heterocycles. The van der Waals surface area contributed by atoms with E-state index in [-0.39, 0.29) is 65.6 Å². The molecule has 0 spiro atoms. The topological polar surface area (TPSA) is 132 Å². The van der Waals surface area contributed by atoms with Crippen LogP contribution in [0.4, 0.5) is 0 Å². The lowest BCUT2D eigenvalue weighted by Crippen LogP contribution is -2.55. The van der Waals surface area contributed by atoms with Crippen molar-refractivity contribution in [2.24, 2.45) is 46.3 Å². The van der Waals surface area contributed by atoms with Gasteiger partial charge in [0.05, 0.1) is 29.4 Å². The van der Waals surface area contributed by atoms with Crippen molar-refractivity contribution < 1.29 is 47.7 Å². The number of fused-ring (bicyclic) bond motifs is 3. The summed E-state index contributed by atoms with van der Waals surface area (Å²) in [5.74, 6) is 0.0936. The summed E-state index contributed by atoms with van der Waals surface area (Å²) in [5.41, 5.74) is 1.22. The number of ketones is 1. The summed E-state index contributed by atoms with van der Waals surface area (Å²) in [4.78, 5) is 65.9. The van der Waals surface area contributed by atoms with E-state index in [4.69, 9.17) is 23.7 Å². The van der Waals surface area contributed by atoms with Gasteiger partial charge in [0, 0.05) is 25.2 Å². The lowest BCUT2D eigenvalue weighted by molar-refractivity contribution is -0.265. The molecule has 0 bridgehead atoms. The number of hydrogen-bond donors (Lipinski definition) is 0. The minimum atomic E-state index is -1.03. The average Bonchev–Trinajstić information content (AvgIpc) is 3.29. The Kier molecular flexibility index (Phi) is 15.0. The third-order valence-corrected chi connectivity index (χ3v) is 15.7. The molecule has 10 nitrogen and oxygen atoms in total. The molecular weight excluding hydrogens is 797 g/mol. The van der Waals surface area contributed by atoms with Crippen molar-refractivity contribution in [3.05, 3.63) is 108 Å². The number of hydrogen-bond acceptors (Lipinski definition) is 10. The van der Waals surface area contributed by atoms with Crippen molar-refractivity contribution in [2.75, 3.05) is 6.61 Å². The van der Waals surface area contributed by atoms with Crippen LogP contribution in [0, 0.1) is 46.3 Å². The summed E-state index contributed by atoms with van der Waals surface area (Å²) in [5, 5.41) is 0. The highest BCUT2D eigenvalue weighted by molar-refractivity contribution is 5.90. The first-order chi connectivity index (χ1) is 30.3. The molecule has 0 radical (unpaired) electrons. The number of Topliss-reactive ketones (excluding diaryl/α,β-unsaturated/α-hetero) is 1. The Balaban J connectivity index is 0.918. The quantitative estimate of drug-likeness (QED) is 0.0779. The van der Waals surface area contributed by atoms with Crippen LogP contribution in [0.1, 0.15) is 136 Å². The van der Waals surface area contributed by atoms with Crippen molar-refractivity contribution in [1.82, 2.24) is 0 Å². The zero-order valence-corrected chi connectivity index (χ0v) is 37.7. The van der Waals surface area contributed by atoms with Crippen LogP contribution < -0.4 is 0 Å². The Hall–Kier alpha value is -4.67. The summed E-state index contributed by atoms with van der Waals surface area (Å²) >= 11 is 0. The molecule has 3 saturated carbocycles. The van der Waals surface area contributed by atoms with Gasteiger partial charge in [-0.2, -0.15) is 0 Å². The zero-order chi connectivity index (χ0) is 44.7. The normalized spacial score (nSPS) is 32.4. The number of esters is 3. The maximum Gasteiger partial charge on any atom is 0.338 e. The molecule has 13 atom stereocenters. The van der Waals surface area contributed by atoms with E-state index in [0.29, 0.717) is 53.7 Å². The molecule has 3 aromatic rings. The zero-order valence-electron chi connectivity index (χ0n) is 37.7. The van der Waals surface area contributed by atoms with E-state index in [1.54, 1.807) is 60.7 Å². The smallest absolute Gasteiger partial charge is 0.338 e. The van der Waals surface area contributed by atoms with Crippen LogP contribution in [0.2, 0.25) is 0 Å². The number of aldehydes is 1. The summed E-state index contributed by atoms with van der Waals surface area (Å²) < 4.78 is 30.4. The molecule has 11 unspecified atom stereocenters. The van der Waals surface area contributed by atoms with Crippen LogP contribution in [0.3, 0.4) is 0 Å². The Morgan fingerprint density at radius 1 is 0.746 bits per heavy atom. The van der Waals surface area contributed by atoms with Gasteiger partial charge in [-0.3, -0.25) is 4.79 Å². The van der Waals surface area contributed by atoms with Crippen LogP contribution in [-0.4, -0.2) is 67.3 Å². The molecule has 4 aliphatic rings. The lowest BCUT2D eigenvalue weighted by Gasteiger charge is -2.61. The molecule has 10 heteroatoms. The molecule has 0 N–H and O–H groups in total. The minimum absolute atomic E-state index is 0.0573. The van der Waals surface area contributed by atoms with Crippen molar-refractivity contribution in [3.8, 4) is 0 Å². The fourth-order valence-electron chi connectivity index (χ4n) is 11.6. The highest BCUT2D eigenvalue weighted by Crippen LogP contribution is 2.64. The maximum atomic E-state index is 13.7. The van der Waals surface area contributed by atoms with Gasteiger partial charge in [-0.05, 0) is 135 Å². The van der Waals surface area contributed by atoms with Crippen molar-refractivity contribution in [2.45, 2.75) is 136 Å². The Morgan fingerprint density at radius 3 is 1.94 bits per heavy atom. The minimum Gasteiger partial charge on any atom is -0.459 e. The van der Waals surface area contributed by atoms with Crippen LogP contribution in [0.5, 0.6) is 0 Å². The first kappa shape index (κ1) is 46.3. The fraction of sp³-hybridized carbons (Fsp3) is 0.566. The van der Waals surface area contributed by atoms with Gasteiger partial charge >= 0.3 is 17.9 Å². The Bertz CT molecular complexity index is 2020. The number of carbonyl (C=O) groups is 5. The molecule has 63 heavy (non-hydrogen) atoms. The third kappa shape index (κ3) is 10.7. The number of ether oxygens (including phenoxy) is 5. The SMILES string of the molecule is CC1CC(OC(=O)c2ccccc2)C(OC(=O)c2ccccc2)[C@H](OC[C@@H](C)CCC(=O)CC(C=O)C2(C)CCC3C(CCC4CC(OC(=O)c5ccccc5)CCC43C)C2C)O1. The van der Waals surface area contributed by atoms with Gasteiger partial charge in [-0.15, -0.1) is 0 Å². The molecule has 1 aliphatic heterocycles. The molecule has 7 rings (SSSR count). The number of rotatable bonds is 16. The maximum absolute atomic E-state index is 13.7. The van der Waals surface area contributed by atoms with Crippen LogP contribution in [-0.2, 0) is 33.3 Å². The van der Waals surface area contributed by atoms with Gasteiger partial charge in [0.25, 0.3) is 0 Å². The highest BCUT2D eigenvalue weighted by Gasteiger charge is 2.57. The van der Waals surface area contributed by atoms with E-state index >= 15 is 0 Å². The van der Waals surface area contributed by atoms with Crippen molar-refractivity contribution >= 4 is 30.0 Å². The molecule has 1 saturated heterocycles. The largest absolute Gasteiger partial charge is 0.459 e. The van der Waals surface area contributed by atoms with Gasteiger partial charge in [-0.1, -0.05) is 82.3 Å². The van der Waals surface area contributed by atoms with Gasteiger partial charge < -0.3 is 28.5 Å². The summed E-state index contributed by atoms with van der Waals surface area (Å²) in [6, 6.07) is 26.5. The molecule has 0 amide bonds. The third-order valence-electron chi connectivity index (χ3n) is 15.7. The van der Waals surface area contributed by atoms with Crippen molar-refractivity contribution in [3.63, 3.8) is 0 Å². The van der Waals surface area contributed by atoms with Gasteiger partial charge in [-0.25, -0.2) is 14.4 Å². The first-order valence-corrected chi connectivity index (χ1v) is 23.3. The average molecular weight is 863 g/mol. The standard InChI is InChI=1S/C53H66O10/c1-34(33-59-51-47(63-50(58)39-19-13-8-14-20-39)46(29-35(2)60-51)62-49(57)38-17-11-7-12-18-38)21-23-42(55)30-41(32-54)52(4)28-26-45-44(36(52)3)24-22-40-31-43(25-27-53(40,45)5)61-48(56)37-15-9-6-10-16-37/h6-20,32,34-36,40-41,43-47,51H,21-31,33H2,1-5H3/t34-,35?,36?,40?,41?,43?,44?,45?,46?,47?,51+,52?,53?/m0/s1. The van der Waals surface area contributed by atoms with Crippen LogP contribution in [0.25, 0.3) is 0 Å². The number of benzene rings is 3. The van der Waals surface area contributed by atoms with E-state index in [1.165, 1.54) is 0 Å². The molecule has 338 valence electrons. The molecule has 0 aromatic heterocycles. The van der Waals surface area contributed by atoms with Crippen LogP contribution in [0.15, 0.2) is 91.0 Å². The van der Waals surface area contributed by atoms with Crippen molar-refractivity contribution in [1.29, 1.82) is 0 Å². The van der Waals surface area contributed by atoms with Crippen LogP contribution >= 0.6 is 0 Å². The van der Waals surface area contributed by atoms with Gasteiger partial charge in [0.2, 0.25) is 0 Å². The Labute approximate surface area is 373 Å². The summed E-state index contributed by atoms with van der Waals surface area (Å²) in [7, 11) is 0. The highest BCUT2D eigenvalue weighted by atomic mass is 16.7. The summed E-state index contributed by atoms with van der Waals surface area (Å²) in [6.45, 7) is 11.1. The monoisotopic (exact) mass is 862 g/mol. The molecule has 4 fully saturated rings. The van der Waals surface area contributed by atoms with E-state index in [9.17, 15) is 24.0 Å². The van der Waals surface area contributed by atoms with Gasteiger partial charge in [0.1, 0.15) is 24.3 Å². The van der Waals surface area contributed by atoms with E-state index in [2.05, 4.69) is 20.8 Å². The lowest BCUT2D eigenvalue weighted by atomic mass is 9.43. The second-order valence-corrected chi connectivity index (χ2v) is 19.6. The predicted octanol–water partition coefficient (Wildman–Crippen LogP) is 10.3.